The van der Waals surface area contributed by atoms with Gasteiger partial charge in [0.05, 0.1) is 13.2 Å². The number of rotatable bonds is 22. The highest BCUT2D eigenvalue weighted by molar-refractivity contribution is 4.88. The molecule has 31 heavy (non-hydrogen) atoms. The quantitative estimate of drug-likeness (QED) is 0.191. The Morgan fingerprint density at radius 2 is 1.16 bits per heavy atom. The second kappa shape index (κ2) is 20.4. The molecule has 0 bridgehead atoms. The zero-order valence-corrected chi connectivity index (χ0v) is 20.3. The molecule has 5 nitrogen and oxygen atoms in total. The highest BCUT2D eigenvalue weighted by Gasteiger charge is 2.40. The Kier molecular flexibility index (Phi) is 19.0. The molecule has 1 saturated heterocycles. The largest absolute Gasteiger partial charge is 0.394 e. The fourth-order valence-corrected chi connectivity index (χ4v) is 4.44. The van der Waals surface area contributed by atoms with Gasteiger partial charge in [-0.2, -0.15) is 0 Å². The first-order valence-electron chi connectivity index (χ1n) is 13.4. The minimum absolute atomic E-state index is 0.280. The maximum absolute atomic E-state index is 10.1. The number of hydrogen-bond donors (Lipinski definition) is 3. The fourth-order valence-electron chi connectivity index (χ4n) is 4.44. The summed E-state index contributed by atoms with van der Waals surface area (Å²) >= 11 is 0. The predicted molar refractivity (Wildman–Crippen MR) is 127 cm³/mol. The Labute approximate surface area is 191 Å². The normalized spacial score (nSPS) is 22.3. The Hall–Kier alpha value is -0.200. The van der Waals surface area contributed by atoms with Crippen LogP contribution in [0.1, 0.15) is 122 Å². The summed E-state index contributed by atoms with van der Waals surface area (Å²) in [6.07, 6.45) is 21.4. The van der Waals surface area contributed by atoms with Crippen molar-refractivity contribution < 1.29 is 24.8 Å². The van der Waals surface area contributed by atoms with Crippen molar-refractivity contribution >= 4 is 0 Å². The van der Waals surface area contributed by atoms with E-state index in [-0.39, 0.29) is 6.61 Å². The summed E-state index contributed by atoms with van der Waals surface area (Å²) in [6.45, 7) is 2.77. The van der Waals surface area contributed by atoms with Gasteiger partial charge in [-0.15, -0.1) is 0 Å². The molecule has 186 valence electrons. The number of hydrogen-bond acceptors (Lipinski definition) is 5. The minimum Gasteiger partial charge on any atom is -0.394 e. The van der Waals surface area contributed by atoms with Crippen LogP contribution in [0.5, 0.6) is 0 Å². The molecule has 3 N–H and O–H groups in total. The van der Waals surface area contributed by atoms with Crippen LogP contribution in [0.2, 0.25) is 0 Å². The van der Waals surface area contributed by atoms with E-state index in [1.807, 2.05) is 0 Å². The van der Waals surface area contributed by atoms with Gasteiger partial charge in [-0.3, -0.25) is 0 Å². The van der Waals surface area contributed by atoms with E-state index < -0.39 is 31.0 Å². The molecule has 0 aromatic carbocycles. The summed E-state index contributed by atoms with van der Waals surface area (Å²) in [5.41, 5.74) is 0. The Bertz CT molecular complexity index is 379. The summed E-state index contributed by atoms with van der Waals surface area (Å²) < 4.78 is 11.0. The van der Waals surface area contributed by atoms with Crippen LogP contribution in [-0.2, 0) is 9.47 Å². The lowest BCUT2D eigenvalue weighted by Gasteiger charge is -2.20. The van der Waals surface area contributed by atoms with Gasteiger partial charge in [0.25, 0.3) is 0 Å². The van der Waals surface area contributed by atoms with Crippen molar-refractivity contribution in [1.82, 2.24) is 0 Å². The van der Waals surface area contributed by atoms with Crippen LogP contribution in [0.4, 0.5) is 0 Å². The van der Waals surface area contributed by atoms with Crippen LogP contribution >= 0.6 is 0 Å². The van der Waals surface area contributed by atoms with E-state index >= 15 is 0 Å². The molecule has 1 heterocycles. The van der Waals surface area contributed by atoms with Gasteiger partial charge in [0.2, 0.25) is 0 Å². The van der Waals surface area contributed by atoms with Crippen LogP contribution < -0.4 is 0 Å². The van der Waals surface area contributed by atoms with Gasteiger partial charge in [0.1, 0.15) is 24.4 Å². The van der Waals surface area contributed by atoms with E-state index in [2.05, 4.69) is 6.92 Å². The average Bonchev–Trinajstić information content (AvgIpc) is 3.15. The molecule has 0 amide bonds. The number of unbranched alkanes of at least 4 members (excludes halogenated alkanes) is 17. The number of ether oxygens (including phenoxy) is 2. The summed E-state index contributed by atoms with van der Waals surface area (Å²) in [5, 5.41) is 28.6. The minimum atomic E-state index is -1.05. The Morgan fingerprint density at radius 3 is 1.58 bits per heavy atom. The van der Waals surface area contributed by atoms with Gasteiger partial charge < -0.3 is 24.8 Å². The molecule has 1 aliphatic heterocycles. The average molecular weight is 445 g/mol. The van der Waals surface area contributed by atoms with E-state index in [9.17, 15) is 10.2 Å². The monoisotopic (exact) mass is 444 g/mol. The van der Waals surface area contributed by atoms with Crippen molar-refractivity contribution in [1.29, 1.82) is 0 Å². The first-order chi connectivity index (χ1) is 15.2. The lowest BCUT2D eigenvalue weighted by atomic mass is 10.0. The molecule has 0 aliphatic carbocycles. The Morgan fingerprint density at radius 1 is 0.742 bits per heavy atom. The highest BCUT2D eigenvalue weighted by atomic mass is 16.6. The first-order valence-corrected chi connectivity index (χ1v) is 13.4. The van der Waals surface area contributed by atoms with Crippen molar-refractivity contribution in [2.75, 3.05) is 19.8 Å². The highest BCUT2D eigenvalue weighted by Crippen LogP contribution is 2.21. The van der Waals surface area contributed by atoms with Crippen LogP contribution in [0.15, 0.2) is 0 Å². The lowest BCUT2D eigenvalue weighted by molar-refractivity contribution is -0.0730. The van der Waals surface area contributed by atoms with Crippen molar-refractivity contribution in [2.45, 2.75) is 147 Å². The Balaban J connectivity index is 1.76. The van der Waals surface area contributed by atoms with E-state index in [1.54, 1.807) is 0 Å². The smallest absolute Gasteiger partial charge is 0.114 e. The van der Waals surface area contributed by atoms with Crippen molar-refractivity contribution in [3.05, 3.63) is 0 Å². The third-order valence-electron chi connectivity index (χ3n) is 6.57. The van der Waals surface area contributed by atoms with Gasteiger partial charge in [-0.05, 0) is 6.42 Å². The zero-order chi connectivity index (χ0) is 22.6. The molecule has 1 aliphatic rings. The molecule has 1 fully saturated rings. The molecule has 5 heteroatoms. The third-order valence-corrected chi connectivity index (χ3v) is 6.57. The number of aliphatic hydroxyl groups excluding tert-OH is 3. The topological polar surface area (TPSA) is 79.2 Å². The van der Waals surface area contributed by atoms with Gasteiger partial charge in [0, 0.05) is 6.61 Å². The molecule has 0 spiro atoms. The van der Waals surface area contributed by atoms with Gasteiger partial charge in [0.15, 0.2) is 0 Å². The van der Waals surface area contributed by atoms with Gasteiger partial charge >= 0.3 is 0 Å². The van der Waals surface area contributed by atoms with E-state index in [0.717, 1.165) is 12.8 Å². The van der Waals surface area contributed by atoms with Crippen molar-refractivity contribution in [3.63, 3.8) is 0 Å². The van der Waals surface area contributed by atoms with Crippen molar-refractivity contribution in [2.24, 2.45) is 0 Å². The fraction of sp³-hybridized carbons (Fsp3) is 1.00. The number of aliphatic hydroxyl groups is 3. The second-order valence-electron chi connectivity index (χ2n) is 9.46. The molecule has 0 saturated carbocycles. The van der Waals surface area contributed by atoms with Gasteiger partial charge in [-0.1, -0.05) is 116 Å². The molecule has 4 atom stereocenters. The molecular weight excluding hydrogens is 392 g/mol. The van der Waals surface area contributed by atoms with Crippen LogP contribution in [0, 0.1) is 0 Å². The lowest BCUT2D eigenvalue weighted by Crippen LogP contribution is -2.41. The maximum Gasteiger partial charge on any atom is 0.114 e. The molecule has 0 aromatic heterocycles. The molecule has 0 unspecified atom stereocenters. The SMILES string of the molecule is CCCCCCCCCCCCCCCCCCCCO[C@H]1CO[C@@H]([C@H](O)CO)[C@H]1O. The van der Waals surface area contributed by atoms with E-state index in [1.165, 1.54) is 103 Å². The summed E-state index contributed by atoms with van der Waals surface area (Å²) in [7, 11) is 0. The summed E-state index contributed by atoms with van der Waals surface area (Å²) in [4.78, 5) is 0. The van der Waals surface area contributed by atoms with E-state index in [0.29, 0.717) is 6.61 Å². The van der Waals surface area contributed by atoms with Crippen molar-refractivity contribution in [3.8, 4) is 0 Å². The van der Waals surface area contributed by atoms with E-state index in [4.69, 9.17) is 14.6 Å². The predicted octanol–water partition coefficient (Wildman–Crippen LogP) is 5.53. The summed E-state index contributed by atoms with van der Waals surface area (Å²) in [6, 6.07) is 0. The standard InChI is InChI=1S/C26H52O5/c1-2-3-4-5-6-7-8-9-10-11-12-13-14-15-16-17-18-19-20-30-24-22-31-26(25(24)29)23(28)21-27/h23-29H,2-22H2,1H3/t23-,24+,25+,26+/m1/s1. The second-order valence-corrected chi connectivity index (χ2v) is 9.46. The van der Waals surface area contributed by atoms with Gasteiger partial charge in [-0.25, -0.2) is 0 Å². The molecular formula is C26H52O5. The molecule has 0 radical (unpaired) electrons. The molecule has 0 aromatic rings. The zero-order valence-electron chi connectivity index (χ0n) is 20.3. The van der Waals surface area contributed by atoms with Crippen LogP contribution in [0.25, 0.3) is 0 Å². The van der Waals surface area contributed by atoms with Crippen LogP contribution in [-0.4, -0.2) is 59.6 Å². The summed E-state index contributed by atoms with van der Waals surface area (Å²) in [5.74, 6) is 0. The third kappa shape index (κ3) is 14.5. The maximum atomic E-state index is 10.1. The molecule has 1 rings (SSSR count). The van der Waals surface area contributed by atoms with Crippen LogP contribution in [0.3, 0.4) is 0 Å². The first kappa shape index (κ1) is 28.8.